The highest BCUT2D eigenvalue weighted by atomic mass is 14.9. The van der Waals surface area contributed by atoms with Crippen LogP contribution in [0.4, 0.5) is 0 Å². The summed E-state index contributed by atoms with van der Waals surface area (Å²) in [6.07, 6.45) is 2.31. The van der Waals surface area contributed by atoms with Crippen molar-refractivity contribution in [3.63, 3.8) is 0 Å². The van der Waals surface area contributed by atoms with Crippen molar-refractivity contribution >= 4 is 0 Å². The molecule has 1 heteroatoms. The molecule has 2 rings (SSSR count). The minimum Gasteiger partial charge on any atom is -0.310 e. The first kappa shape index (κ1) is 15.8. The second-order valence-corrected chi connectivity index (χ2v) is 6.20. The lowest BCUT2D eigenvalue weighted by atomic mass is 10.0. The third-order valence-electron chi connectivity index (χ3n) is 4.01. The molecule has 112 valence electrons. The van der Waals surface area contributed by atoms with Gasteiger partial charge in [-0.1, -0.05) is 68.4 Å². The number of nitrogens with one attached hydrogen (secondary N) is 1. The van der Waals surface area contributed by atoms with Gasteiger partial charge in [0.1, 0.15) is 0 Å². The number of hydrogen-bond acceptors (Lipinski definition) is 1. The van der Waals surface area contributed by atoms with Gasteiger partial charge in [-0.05, 0) is 42.4 Å². The van der Waals surface area contributed by atoms with Gasteiger partial charge in [0.25, 0.3) is 0 Å². The van der Waals surface area contributed by atoms with Crippen LogP contribution in [0.3, 0.4) is 0 Å². The number of hydrogen-bond donors (Lipinski definition) is 1. The van der Waals surface area contributed by atoms with Crippen LogP contribution in [-0.2, 0) is 13.0 Å². The Morgan fingerprint density at radius 1 is 0.810 bits per heavy atom. The Labute approximate surface area is 129 Å². The molecule has 0 bridgehead atoms. The summed E-state index contributed by atoms with van der Waals surface area (Å²) < 4.78 is 0. The molecule has 21 heavy (non-hydrogen) atoms. The Kier molecular flexibility index (Phi) is 6.01. The van der Waals surface area contributed by atoms with Gasteiger partial charge in [0.05, 0.1) is 0 Å². The van der Waals surface area contributed by atoms with E-state index in [-0.39, 0.29) is 0 Å². The topological polar surface area (TPSA) is 12.0 Å². The van der Waals surface area contributed by atoms with Crippen LogP contribution in [-0.4, -0.2) is 6.04 Å². The van der Waals surface area contributed by atoms with Gasteiger partial charge >= 0.3 is 0 Å². The van der Waals surface area contributed by atoms with E-state index in [9.17, 15) is 0 Å². The fraction of sp³-hybridized carbons (Fsp3) is 0.400. The molecule has 0 aliphatic rings. The molecule has 2 aromatic rings. The maximum absolute atomic E-state index is 3.62. The van der Waals surface area contributed by atoms with E-state index < -0.39 is 0 Å². The van der Waals surface area contributed by atoms with Crippen LogP contribution < -0.4 is 5.32 Å². The predicted octanol–water partition coefficient (Wildman–Crippen LogP) is 4.92. The van der Waals surface area contributed by atoms with E-state index >= 15 is 0 Å². The molecule has 0 spiro atoms. The van der Waals surface area contributed by atoms with E-state index in [2.05, 4.69) is 80.7 Å². The molecule has 0 radical (unpaired) electrons. The van der Waals surface area contributed by atoms with E-state index in [0.29, 0.717) is 12.0 Å². The van der Waals surface area contributed by atoms with E-state index in [1.54, 1.807) is 0 Å². The van der Waals surface area contributed by atoms with Gasteiger partial charge in [0, 0.05) is 12.6 Å². The van der Waals surface area contributed by atoms with Crippen molar-refractivity contribution in [1.29, 1.82) is 0 Å². The monoisotopic (exact) mass is 281 g/mol. The van der Waals surface area contributed by atoms with Gasteiger partial charge in [0.2, 0.25) is 0 Å². The van der Waals surface area contributed by atoms with Gasteiger partial charge < -0.3 is 5.32 Å². The van der Waals surface area contributed by atoms with Crippen LogP contribution in [0.5, 0.6) is 0 Å². The van der Waals surface area contributed by atoms with Gasteiger partial charge in [0.15, 0.2) is 0 Å². The molecule has 0 heterocycles. The summed E-state index contributed by atoms with van der Waals surface area (Å²) in [5.41, 5.74) is 4.20. The maximum Gasteiger partial charge on any atom is 0.0207 e. The zero-order chi connectivity index (χ0) is 15.1. The summed E-state index contributed by atoms with van der Waals surface area (Å²) in [5, 5.41) is 3.62. The molecule has 0 saturated carbocycles. The predicted molar refractivity (Wildman–Crippen MR) is 91.6 cm³/mol. The fourth-order valence-corrected chi connectivity index (χ4v) is 2.44. The highest BCUT2D eigenvalue weighted by Gasteiger charge is 2.03. The molecule has 2 aromatic carbocycles. The van der Waals surface area contributed by atoms with E-state index in [1.165, 1.54) is 23.1 Å². The summed E-state index contributed by atoms with van der Waals surface area (Å²) in [6.45, 7) is 7.69. The summed E-state index contributed by atoms with van der Waals surface area (Å²) in [7, 11) is 0. The maximum atomic E-state index is 3.62. The standard InChI is InChI=1S/C20H27N/c1-16(2)20-13-11-19(12-14-20)15-21-17(3)9-10-18-7-5-4-6-8-18/h4-8,11-14,16-17,21H,9-10,15H2,1-3H3/t17-/m1/s1. The molecule has 0 fully saturated rings. The molecule has 1 nitrogen and oxygen atoms in total. The van der Waals surface area contributed by atoms with Crippen LogP contribution in [0.1, 0.15) is 49.8 Å². The van der Waals surface area contributed by atoms with Gasteiger partial charge in [-0.2, -0.15) is 0 Å². The quantitative estimate of drug-likeness (QED) is 0.759. The number of benzene rings is 2. The first-order valence-electron chi connectivity index (χ1n) is 8.01. The van der Waals surface area contributed by atoms with Crippen molar-refractivity contribution < 1.29 is 0 Å². The molecule has 0 aliphatic carbocycles. The van der Waals surface area contributed by atoms with Gasteiger partial charge in [-0.25, -0.2) is 0 Å². The normalized spacial score (nSPS) is 12.6. The highest BCUT2D eigenvalue weighted by Crippen LogP contribution is 2.14. The van der Waals surface area contributed by atoms with Crippen LogP contribution >= 0.6 is 0 Å². The zero-order valence-electron chi connectivity index (χ0n) is 13.5. The van der Waals surface area contributed by atoms with Gasteiger partial charge in [-0.15, -0.1) is 0 Å². The van der Waals surface area contributed by atoms with Crippen molar-refractivity contribution in [2.75, 3.05) is 0 Å². The molecular weight excluding hydrogens is 254 g/mol. The van der Waals surface area contributed by atoms with Crippen molar-refractivity contribution in [2.45, 2.75) is 52.1 Å². The van der Waals surface area contributed by atoms with Crippen molar-refractivity contribution in [3.05, 3.63) is 71.3 Å². The number of aryl methyl sites for hydroxylation is 1. The minimum absolute atomic E-state index is 0.537. The lowest BCUT2D eigenvalue weighted by molar-refractivity contribution is 0.514. The summed E-state index contributed by atoms with van der Waals surface area (Å²) in [6, 6.07) is 20.2. The van der Waals surface area contributed by atoms with Gasteiger partial charge in [-0.3, -0.25) is 0 Å². The Morgan fingerprint density at radius 2 is 1.48 bits per heavy atom. The van der Waals surface area contributed by atoms with Crippen LogP contribution in [0, 0.1) is 0 Å². The van der Waals surface area contributed by atoms with Crippen molar-refractivity contribution in [3.8, 4) is 0 Å². The molecule has 0 amide bonds. The van der Waals surface area contributed by atoms with E-state index in [1.807, 2.05) is 0 Å². The summed E-state index contributed by atoms with van der Waals surface area (Å²) in [4.78, 5) is 0. The molecule has 0 unspecified atom stereocenters. The lowest BCUT2D eigenvalue weighted by Crippen LogP contribution is -2.25. The minimum atomic E-state index is 0.537. The second kappa shape index (κ2) is 7.99. The van der Waals surface area contributed by atoms with Crippen molar-refractivity contribution in [2.24, 2.45) is 0 Å². The summed E-state index contributed by atoms with van der Waals surface area (Å²) >= 11 is 0. The first-order chi connectivity index (χ1) is 10.1. The van der Waals surface area contributed by atoms with Crippen LogP contribution in [0.2, 0.25) is 0 Å². The van der Waals surface area contributed by atoms with Crippen molar-refractivity contribution in [1.82, 2.24) is 5.32 Å². The van der Waals surface area contributed by atoms with E-state index in [4.69, 9.17) is 0 Å². The zero-order valence-corrected chi connectivity index (χ0v) is 13.5. The second-order valence-electron chi connectivity index (χ2n) is 6.20. The summed E-state index contributed by atoms with van der Waals surface area (Å²) in [5.74, 6) is 0.608. The molecule has 1 N–H and O–H groups in total. The largest absolute Gasteiger partial charge is 0.310 e. The fourth-order valence-electron chi connectivity index (χ4n) is 2.44. The Balaban J connectivity index is 1.74. The van der Waals surface area contributed by atoms with Crippen LogP contribution in [0.15, 0.2) is 54.6 Å². The Bertz CT molecular complexity index is 513. The molecule has 1 atom stereocenters. The SMILES string of the molecule is CC(C)c1ccc(CN[C@H](C)CCc2ccccc2)cc1. The first-order valence-corrected chi connectivity index (χ1v) is 8.01. The highest BCUT2D eigenvalue weighted by molar-refractivity contribution is 5.24. The third-order valence-corrected chi connectivity index (χ3v) is 4.01. The average molecular weight is 281 g/mol. The number of rotatable bonds is 7. The third kappa shape index (κ3) is 5.35. The molecule has 0 aromatic heterocycles. The molecule has 0 saturated heterocycles. The smallest absolute Gasteiger partial charge is 0.0207 e. The average Bonchev–Trinajstić information content (AvgIpc) is 2.52. The lowest BCUT2D eigenvalue weighted by Gasteiger charge is -2.14. The molecule has 0 aliphatic heterocycles. The molecular formula is C20H27N. The van der Waals surface area contributed by atoms with Crippen LogP contribution in [0.25, 0.3) is 0 Å². The Hall–Kier alpha value is -1.60. The Morgan fingerprint density at radius 3 is 2.10 bits per heavy atom. The van der Waals surface area contributed by atoms with E-state index in [0.717, 1.165) is 13.0 Å².